The van der Waals surface area contributed by atoms with Crippen LogP contribution in [0.3, 0.4) is 0 Å². The summed E-state index contributed by atoms with van der Waals surface area (Å²) in [7, 11) is 0. The second-order valence-corrected chi connectivity index (χ2v) is 7.23. The summed E-state index contributed by atoms with van der Waals surface area (Å²) in [4.78, 5) is 11.7. The van der Waals surface area contributed by atoms with E-state index in [9.17, 15) is 4.79 Å². The molecule has 0 heterocycles. The molecule has 0 saturated carbocycles. The van der Waals surface area contributed by atoms with Crippen molar-refractivity contribution in [3.63, 3.8) is 0 Å². The topological polar surface area (TPSA) is 35.5 Å². The third-order valence-corrected chi connectivity index (χ3v) is 3.66. The van der Waals surface area contributed by atoms with Gasteiger partial charge in [0.05, 0.1) is 13.2 Å². The number of hydrogen-bond donors (Lipinski definition) is 0. The van der Waals surface area contributed by atoms with Crippen LogP contribution in [0.2, 0.25) is 0 Å². The van der Waals surface area contributed by atoms with Crippen LogP contribution < -0.4 is 0 Å². The van der Waals surface area contributed by atoms with Crippen molar-refractivity contribution in [3.8, 4) is 11.8 Å². The first kappa shape index (κ1) is 19.0. The Morgan fingerprint density at radius 2 is 1.84 bits per heavy atom. The third-order valence-electron chi connectivity index (χ3n) is 3.66. The number of allylic oxidation sites excluding steroid dienone is 2. The maximum absolute atomic E-state index is 11.7. The van der Waals surface area contributed by atoms with Gasteiger partial charge in [0.25, 0.3) is 0 Å². The molecular weight excluding hydrogens is 312 g/mol. The van der Waals surface area contributed by atoms with Crippen LogP contribution in [0.1, 0.15) is 39.2 Å². The molecule has 1 aromatic rings. The van der Waals surface area contributed by atoms with E-state index in [4.69, 9.17) is 9.47 Å². The van der Waals surface area contributed by atoms with Crippen molar-refractivity contribution in [1.29, 1.82) is 0 Å². The molecule has 1 aromatic carbocycles. The molecule has 3 heteroatoms. The van der Waals surface area contributed by atoms with Gasteiger partial charge in [-0.05, 0) is 32.8 Å². The molecule has 0 atom stereocenters. The molecule has 3 nitrogen and oxygen atoms in total. The molecule has 0 amide bonds. The van der Waals surface area contributed by atoms with E-state index in [0.717, 1.165) is 12.0 Å². The number of esters is 1. The monoisotopic (exact) mass is 338 g/mol. The van der Waals surface area contributed by atoms with E-state index >= 15 is 0 Å². The largest absolute Gasteiger partial charge is 0.450 e. The van der Waals surface area contributed by atoms with Gasteiger partial charge in [0, 0.05) is 17.8 Å². The van der Waals surface area contributed by atoms with Crippen LogP contribution in [-0.4, -0.2) is 18.2 Å². The highest BCUT2D eigenvalue weighted by molar-refractivity contribution is 5.88. The molecule has 0 spiro atoms. The molecule has 0 aromatic heterocycles. The fourth-order valence-corrected chi connectivity index (χ4v) is 2.52. The normalized spacial score (nSPS) is 15.3. The standard InChI is InChI=1S/C22H26O3/c1-21(2,3)25-20(23)13-10-16-22(14-8-5-9-15-22)18-24-17-19-11-6-4-7-12-19/h4,6-9,11-12,14-15H,5,16-18H2,1-3H3. The predicted molar refractivity (Wildman–Crippen MR) is 99.7 cm³/mol. The average Bonchev–Trinajstić information content (AvgIpc) is 2.55. The fourth-order valence-electron chi connectivity index (χ4n) is 2.52. The Balaban J connectivity index is 1.94. The van der Waals surface area contributed by atoms with Gasteiger partial charge in [0.1, 0.15) is 5.60 Å². The molecule has 1 aliphatic rings. The van der Waals surface area contributed by atoms with E-state index in [-0.39, 0.29) is 5.41 Å². The summed E-state index contributed by atoms with van der Waals surface area (Å²) >= 11 is 0. The van der Waals surface area contributed by atoms with Crippen LogP contribution in [0.15, 0.2) is 54.6 Å². The number of carbonyl (C=O) groups is 1. The first-order chi connectivity index (χ1) is 11.9. The first-order valence-electron chi connectivity index (χ1n) is 8.58. The van der Waals surface area contributed by atoms with Crippen LogP contribution in [0.4, 0.5) is 0 Å². The van der Waals surface area contributed by atoms with Crippen molar-refractivity contribution >= 4 is 5.97 Å². The molecule has 0 N–H and O–H groups in total. The van der Waals surface area contributed by atoms with Gasteiger partial charge in [0.2, 0.25) is 0 Å². The molecule has 0 bridgehead atoms. The third kappa shape index (κ3) is 6.99. The molecule has 1 aliphatic carbocycles. The highest BCUT2D eigenvalue weighted by Crippen LogP contribution is 2.30. The van der Waals surface area contributed by atoms with E-state index in [1.807, 2.05) is 51.1 Å². The van der Waals surface area contributed by atoms with Gasteiger partial charge < -0.3 is 9.47 Å². The lowest BCUT2D eigenvalue weighted by Gasteiger charge is -2.27. The molecule has 2 rings (SSSR count). The molecule has 0 fully saturated rings. The molecular formula is C22H26O3. The van der Waals surface area contributed by atoms with Crippen LogP contribution in [0.25, 0.3) is 0 Å². The van der Waals surface area contributed by atoms with E-state index in [2.05, 4.69) is 36.1 Å². The Kier molecular flexibility index (Phi) is 6.61. The second kappa shape index (κ2) is 8.69. The van der Waals surface area contributed by atoms with Crippen molar-refractivity contribution in [2.45, 2.75) is 45.8 Å². The van der Waals surface area contributed by atoms with Gasteiger partial charge in [-0.3, -0.25) is 0 Å². The van der Waals surface area contributed by atoms with Crippen LogP contribution in [-0.2, 0) is 20.9 Å². The van der Waals surface area contributed by atoms with Gasteiger partial charge in [0.15, 0.2) is 0 Å². The lowest BCUT2D eigenvalue weighted by atomic mass is 9.82. The Hall–Kier alpha value is -2.31. The van der Waals surface area contributed by atoms with Crippen molar-refractivity contribution in [1.82, 2.24) is 0 Å². The van der Waals surface area contributed by atoms with Gasteiger partial charge in [-0.15, -0.1) is 0 Å². The Bertz CT molecular complexity index is 669. The number of ether oxygens (including phenoxy) is 2. The summed E-state index contributed by atoms with van der Waals surface area (Å²) in [6.07, 6.45) is 9.92. The summed E-state index contributed by atoms with van der Waals surface area (Å²) in [5, 5.41) is 0. The van der Waals surface area contributed by atoms with Crippen molar-refractivity contribution < 1.29 is 14.3 Å². The number of carbonyl (C=O) groups excluding carboxylic acids is 1. The van der Waals surface area contributed by atoms with E-state index in [1.54, 1.807) is 0 Å². The lowest BCUT2D eigenvalue weighted by molar-refractivity contribution is -0.147. The summed E-state index contributed by atoms with van der Waals surface area (Å²) < 4.78 is 11.1. The highest BCUT2D eigenvalue weighted by atomic mass is 16.6. The van der Waals surface area contributed by atoms with E-state index < -0.39 is 11.6 Å². The summed E-state index contributed by atoms with van der Waals surface area (Å²) in [5.74, 6) is 5.06. The molecule has 0 saturated heterocycles. The minimum atomic E-state index is -0.521. The minimum absolute atomic E-state index is 0.290. The van der Waals surface area contributed by atoms with E-state index in [0.29, 0.717) is 19.6 Å². The van der Waals surface area contributed by atoms with E-state index in [1.165, 1.54) is 0 Å². The van der Waals surface area contributed by atoms with Crippen molar-refractivity contribution in [2.24, 2.45) is 5.41 Å². The second-order valence-electron chi connectivity index (χ2n) is 7.23. The number of hydrogen-bond acceptors (Lipinski definition) is 3. The van der Waals surface area contributed by atoms with Gasteiger partial charge in [-0.1, -0.05) is 60.6 Å². The smallest absolute Gasteiger partial charge is 0.384 e. The Morgan fingerprint density at radius 3 is 2.48 bits per heavy atom. The molecule has 0 aliphatic heterocycles. The first-order valence-corrected chi connectivity index (χ1v) is 8.58. The predicted octanol–water partition coefficient (Wildman–Crippen LogP) is 4.44. The zero-order valence-corrected chi connectivity index (χ0v) is 15.2. The highest BCUT2D eigenvalue weighted by Gasteiger charge is 2.25. The van der Waals surface area contributed by atoms with Crippen molar-refractivity contribution in [2.75, 3.05) is 6.61 Å². The maximum atomic E-state index is 11.7. The minimum Gasteiger partial charge on any atom is -0.450 e. The molecule has 0 radical (unpaired) electrons. The Labute approximate surface area is 150 Å². The fraction of sp³-hybridized carbons (Fsp3) is 0.409. The number of benzene rings is 1. The molecule has 132 valence electrons. The molecule has 25 heavy (non-hydrogen) atoms. The van der Waals surface area contributed by atoms with Crippen LogP contribution in [0.5, 0.6) is 0 Å². The maximum Gasteiger partial charge on any atom is 0.384 e. The zero-order chi connectivity index (χ0) is 18.2. The Morgan fingerprint density at radius 1 is 1.16 bits per heavy atom. The van der Waals surface area contributed by atoms with Gasteiger partial charge >= 0.3 is 5.97 Å². The lowest BCUT2D eigenvalue weighted by Crippen LogP contribution is -2.24. The summed E-state index contributed by atoms with van der Waals surface area (Å²) in [5.41, 5.74) is 0.329. The SMILES string of the molecule is CC(C)(C)OC(=O)C#CCC1(COCc2ccccc2)C=CCC=C1. The van der Waals surface area contributed by atoms with Crippen molar-refractivity contribution in [3.05, 3.63) is 60.2 Å². The quantitative estimate of drug-likeness (QED) is 0.345. The van der Waals surface area contributed by atoms with Gasteiger partial charge in [-0.25, -0.2) is 4.79 Å². The average molecular weight is 338 g/mol. The van der Waals surface area contributed by atoms with Gasteiger partial charge in [-0.2, -0.15) is 0 Å². The summed E-state index contributed by atoms with van der Waals surface area (Å²) in [6.45, 7) is 6.58. The van der Waals surface area contributed by atoms with Crippen LogP contribution in [0, 0.1) is 17.3 Å². The number of rotatable bonds is 5. The zero-order valence-electron chi connectivity index (χ0n) is 15.2. The molecule has 0 unspecified atom stereocenters. The van der Waals surface area contributed by atoms with Crippen LogP contribution >= 0.6 is 0 Å². The summed E-state index contributed by atoms with van der Waals surface area (Å²) in [6, 6.07) is 10.1.